The van der Waals surface area contributed by atoms with Gasteiger partial charge in [-0.25, -0.2) is 0 Å². The van der Waals surface area contributed by atoms with Gasteiger partial charge in [0.25, 0.3) is 10.1 Å². The van der Waals surface area contributed by atoms with Crippen molar-refractivity contribution >= 4 is 81.2 Å². The zero-order valence-corrected chi connectivity index (χ0v) is 12.4. The molecule has 2 N–H and O–H groups in total. The molecule has 22 heavy (non-hydrogen) atoms. The zero-order valence-electron chi connectivity index (χ0n) is 11.6. The van der Waals surface area contributed by atoms with E-state index in [4.69, 9.17) is 14.4 Å². The van der Waals surface area contributed by atoms with Crippen LogP contribution in [-0.4, -0.2) is 101 Å². The quantitative estimate of drug-likeness (QED) is 0.236. The van der Waals surface area contributed by atoms with Gasteiger partial charge in [0.1, 0.15) is 0 Å². The first-order chi connectivity index (χ1) is 9.29. The number of carbonyl (C=O) groups is 2. The summed E-state index contributed by atoms with van der Waals surface area (Å²) in [5, 5.41) is 6.45. The van der Waals surface area contributed by atoms with E-state index in [1.165, 1.54) is 0 Å². The van der Waals surface area contributed by atoms with E-state index in [2.05, 4.69) is 6.92 Å². The maximum atomic E-state index is 11.4. The average molecular weight is 358 g/mol. The number of rotatable bonds is 11. The van der Waals surface area contributed by atoms with E-state index < -0.39 is 33.7 Å². The molecular weight excluding hydrogens is 334 g/mol. The molecule has 0 aromatic heterocycles. The fourth-order valence-corrected chi connectivity index (χ4v) is 2.28. The molecule has 7 nitrogen and oxygen atoms in total. The van der Waals surface area contributed by atoms with Crippen molar-refractivity contribution in [2.75, 3.05) is 6.61 Å². The molecule has 0 saturated heterocycles. The molecule has 0 aliphatic rings. The summed E-state index contributed by atoms with van der Waals surface area (Å²) in [6.45, 7) is 2.12. The van der Waals surface area contributed by atoms with Gasteiger partial charge in [-0.3, -0.25) is 14.1 Å². The first-order valence-corrected chi connectivity index (χ1v) is 8.14. The molecule has 0 rings (SSSR count). The van der Waals surface area contributed by atoms with Gasteiger partial charge in [-0.1, -0.05) is 39.0 Å². The van der Waals surface area contributed by atoms with Crippen molar-refractivity contribution in [3.8, 4) is 0 Å². The number of hydrogen-bond acceptors (Lipinski definition) is 5. The minimum absolute atomic E-state index is 0. The number of carboxylic acids is 1. The van der Waals surface area contributed by atoms with Crippen molar-refractivity contribution in [1.29, 1.82) is 0 Å². The summed E-state index contributed by atoms with van der Waals surface area (Å²) in [4.78, 5) is 21.9. The molecule has 0 spiro atoms. The van der Waals surface area contributed by atoms with Crippen molar-refractivity contribution in [3.63, 3.8) is 0 Å². The fraction of sp³-hybridized carbons (Fsp3) is 0.833. The van der Waals surface area contributed by atoms with Crippen molar-refractivity contribution < 1.29 is 32.4 Å². The van der Waals surface area contributed by atoms with Crippen LogP contribution in [0.3, 0.4) is 0 Å². The Morgan fingerprint density at radius 3 is 2.00 bits per heavy atom. The predicted molar refractivity (Wildman–Crippen MR) is 86.2 cm³/mol. The Hall–Kier alpha value is 0.850. The fourth-order valence-electron chi connectivity index (χ4n) is 1.62. The van der Waals surface area contributed by atoms with E-state index in [0.717, 1.165) is 32.1 Å². The van der Waals surface area contributed by atoms with Gasteiger partial charge < -0.3 is 9.84 Å². The summed E-state index contributed by atoms with van der Waals surface area (Å²) in [7, 11) is -4.77. The first-order valence-electron chi connectivity index (χ1n) is 6.63. The van der Waals surface area contributed by atoms with Gasteiger partial charge in [-0.05, 0) is 6.42 Å². The first kappa shape index (κ1) is 27.7. The monoisotopic (exact) mass is 358 g/mol. The number of aliphatic carboxylic acids is 1. The Kier molecular flexibility index (Phi) is 19.4. The number of carboxylic acid groups (broad SMARTS) is 1. The molecule has 0 aliphatic carbocycles. The summed E-state index contributed by atoms with van der Waals surface area (Å²) >= 11 is 0. The van der Waals surface area contributed by atoms with Crippen LogP contribution >= 0.6 is 0 Å². The van der Waals surface area contributed by atoms with Crippen LogP contribution in [0.25, 0.3) is 0 Å². The molecule has 122 valence electrons. The summed E-state index contributed by atoms with van der Waals surface area (Å²) < 4.78 is 35.3. The molecule has 1 unspecified atom stereocenters. The summed E-state index contributed by atoms with van der Waals surface area (Å²) in [5.74, 6) is -2.72. The topological polar surface area (TPSA) is 118 Å². The van der Waals surface area contributed by atoms with E-state index in [-0.39, 0.29) is 65.7 Å². The van der Waals surface area contributed by atoms with Gasteiger partial charge in [0.15, 0.2) is 5.25 Å². The minimum atomic E-state index is -4.77. The normalized spacial score (nSPS) is 11.7. The Morgan fingerprint density at radius 1 is 1.05 bits per heavy atom. The second-order valence-electron chi connectivity index (χ2n) is 4.54. The Balaban J connectivity index is -0.00000180. The summed E-state index contributed by atoms with van der Waals surface area (Å²) in [5.41, 5.74) is 0. The number of carbonyl (C=O) groups excluding carboxylic acids is 1. The maximum absolute atomic E-state index is 11.4. The number of unbranched alkanes of at least 4 members (excludes halogenated alkanes) is 5. The molecule has 0 bridgehead atoms. The molecule has 0 radical (unpaired) electrons. The number of hydrogen-bond donors (Lipinski definition) is 2. The Morgan fingerprint density at radius 2 is 1.55 bits per heavy atom. The predicted octanol–water partition coefficient (Wildman–Crippen LogP) is 0.324. The zero-order chi connectivity index (χ0) is 15.6. The standard InChI is InChI=1S/C12H22O7S.2Na.2H/c1-2-3-4-5-6-7-8-19-12(15)10(9-11(13)14)20(16,17)18;;;;/h10H,2-9H2,1H3,(H,13,14)(H,16,17,18);;;;. The Labute approximate surface area is 175 Å². The van der Waals surface area contributed by atoms with E-state index in [9.17, 15) is 18.0 Å². The second kappa shape index (κ2) is 15.4. The van der Waals surface area contributed by atoms with E-state index in [1.54, 1.807) is 0 Å². The molecular formula is C12H24Na2O7S. The number of esters is 1. The van der Waals surface area contributed by atoms with Crippen molar-refractivity contribution in [3.05, 3.63) is 0 Å². The van der Waals surface area contributed by atoms with Crippen LogP contribution in [0, 0.1) is 0 Å². The molecule has 0 aromatic carbocycles. The Bertz CT molecular complexity index is 412. The summed E-state index contributed by atoms with van der Waals surface area (Å²) in [6.07, 6.45) is 4.79. The van der Waals surface area contributed by atoms with Gasteiger partial charge in [-0.15, -0.1) is 0 Å². The van der Waals surface area contributed by atoms with Crippen LogP contribution < -0.4 is 0 Å². The van der Waals surface area contributed by atoms with Crippen LogP contribution in [0.1, 0.15) is 51.9 Å². The third-order valence-corrected chi connectivity index (χ3v) is 3.80. The average Bonchev–Trinajstić information content (AvgIpc) is 2.33. The van der Waals surface area contributed by atoms with Crippen molar-refractivity contribution in [1.82, 2.24) is 0 Å². The molecule has 1 atom stereocenters. The van der Waals surface area contributed by atoms with Crippen molar-refractivity contribution in [2.45, 2.75) is 57.1 Å². The van der Waals surface area contributed by atoms with Crippen LogP contribution in [0.15, 0.2) is 0 Å². The number of ether oxygens (including phenoxy) is 1. The van der Waals surface area contributed by atoms with Crippen LogP contribution in [-0.2, 0) is 24.4 Å². The van der Waals surface area contributed by atoms with Crippen molar-refractivity contribution in [2.24, 2.45) is 0 Å². The van der Waals surface area contributed by atoms with Gasteiger partial charge >= 0.3 is 71.1 Å². The second-order valence-corrected chi connectivity index (χ2v) is 6.14. The molecule has 10 heteroatoms. The van der Waals surface area contributed by atoms with Crippen LogP contribution in [0.4, 0.5) is 0 Å². The van der Waals surface area contributed by atoms with Gasteiger partial charge in [0, 0.05) is 0 Å². The van der Waals surface area contributed by atoms with Gasteiger partial charge in [0.05, 0.1) is 13.0 Å². The molecule has 0 fully saturated rings. The molecule has 0 aromatic rings. The molecule has 0 saturated carbocycles. The van der Waals surface area contributed by atoms with Crippen LogP contribution in [0.5, 0.6) is 0 Å². The third kappa shape index (κ3) is 14.4. The SMILES string of the molecule is CCCCCCCCOC(=O)C(CC(=O)O)S(=O)(=O)O.[NaH].[NaH]. The van der Waals surface area contributed by atoms with E-state index >= 15 is 0 Å². The van der Waals surface area contributed by atoms with E-state index in [0.29, 0.717) is 6.42 Å². The van der Waals surface area contributed by atoms with Gasteiger partial charge in [0.2, 0.25) is 0 Å². The molecule has 0 heterocycles. The van der Waals surface area contributed by atoms with E-state index in [1.807, 2.05) is 0 Å². The summed E-state index contributed by atoms with van der Waals surface area (Å²) in [6, 6.07) is 0. The molecule has 0 amide bonds. The van der Waals surface area contributed by atoms with Crippen LogP contribution in [0.2, 0.25) is 0 Å². The molecule has 0 aliphatic heterocycles. The third-order valence-electron chi connectivity index (χ3n) is 2.72. The van der Waals surface area contributed by atoms with Gasteiger partial charge in [-0.2, -0.15) is 8.42 Å².